The molecule has 0 saturated carbocycles. The van der Waals surface area contributed by atoms with Crippen molar-refractivity contribution in [1.82, 2.24) is 30.1 Å². The Kier molecular flexibility index (Phi) is 5.33. The maximum absolute atomic E-state index is 12.4. The number of furan rings is 1. The minimum atomic E-state index is -0.0939. The van der Waals surface area contributed by atoms with Crippen molar-refractivity contribution in [3.63, 3.8) is 0 Å². The highest BCUT2D eigenvalue weighted by Gasteiger charge is 2.18. The fraction of sp³-hybridized carbons (Fsp3) is 0.179. The number of nitrogens with zero attached hydrogens (tertiary/aromatic N) is 4. The Balaban J connectivity index is 1.36. The van der Waals surface area contributed by atoms with Gasteiger partial charge in [-0.1, -0.05) is 26.8 Å². The Morgan fingerprint density at radius 3 is 2.76 bits per heavy atom. The monoisotopic (exact) mass is 491 g/mol. The topological polar surface area (TPSA) is 125 Å². The minimum Gasteiger partial charge on any atom is -0.472 e. The van der Waals surface area contributed by atoms with Crippen molar-refractivity contribution in [3.05, 3.63) is 67.5 Å². The molecule has 0 aliphatic carbocycles. The van der Waals surface area contributed by atoms with Gasteiger partial charge in [0.1, 0.15) is 5.69 Å². The Morgan fingerprint density at radius 1 is 1.05 bits per heavy atom. The molecule has 37 heavy (non-hydrogen) atoms. The van der Waals surface area contributed by atoms with Crippen LogP contribution < -0.4 is 5.32 Å². The zero-order valence-corrected chi connectivity index (χ0v) is 20.7. The molecule has 1 aromatic carbocycles. The number of aromatic amines is 2. The van der Waals surface area contributed by atoms with Crippen LogP contribution in [-0.4, -0.2) is 36.0 Å². The van der Waals surface area contributed by atoms with E-state index in [9.17, 15) is 4.79 Å². The molecule has 0 saturated heterocycles. The maximum Gasteiger partial charge on any atom is 0.224 e. The summed E-state index contributed by atoms with van der Waals surface area (Å²) in [4.78, 5) is 29.3. The van der Waals surface area contributed by atoms with Gasteiger partial charge in [0.2, 0.25) is 5.91 Å². The van der Waals surface area contributed by atoms with Crippen LogP contribution in [-0.2, 0) is 4.79 Å². The summed E-state index contributed by atoms with van der Waals surface area (Å²) in [6.07, 6.45) is 8.93. The third kappa shape index (κ3) is 4.47. The number of aromatic nitrogens is 6. The molecule has 0 spiro atoms. The molecular weight excluding hydrogens is 466 g/mol. The van der Waals surface area contributed by atoms with Gasteiger partial charge in [-0.25, -0.2) is 9.97 Å². The maximum atomic E-state index is 12.4. The average molecular weight is 492 g/mol. The van der Waals surface area contributed by atoms with Gasteiger partial charge >= 0.3 is 0 Å². The predicted molar refractivity (Wildman–Crippen MR) is 143 cm³/mol. The number of imidazole rings is 1. The molecule has 0 aliphatic heterocycles. The highest BCUT2D eigenvalue weighted by molar-refractivity contribution is 5.98. The zero-order chi connectivity index (χ0) is 25.6. The minimum absolute atomic E-state index is 0.0349. The van der Waals surface area contributed by atoms with Gasteiger partial charge in [0.15, 0.2) is 11.5 Å². The van der Waals surface area contributed by atoms with Gasteiger partial charge in [-0.3, -0.25) is 14.9 Å². The van der Waals surface area contributed by atoms with Crippen LogP contribution in [0, 0.1) is 5.41 Å². The lowest BCUT2D eigenvalue weighted by molar-refractivity contribution is -0.117. The smallest absolute Gasteiger partial charge is 0.224 e. The number of carbonyl (C=O) groups excluding carboxylic acids is 1. The summed E-state index contributed by atoms with van der Waals surface area (Å²) in [5.74, 6) is 0.579. The van der Waals surface area contributed by atoms with Crippen LogP contribution in [0.5, 0.6) is 0 Å². The fourth-order valence-corrected chi connectivity index (χ4v) is 4.41. The summed E-state index contributed by atoms with van der Waals surface area (Å²) >= 11 is 0. The lowest BCUT2D eigenvalue weighted by Crippen LogP contribution is -2.19. The number of amides is 1. The number of hydrogen-bond acceptors (Lipinski definition) is 6. The van der Waals surface area contributed by atoms with Crippen molar-refractivity contribution in [2.75, 3.05) is 5.32 Å². The molecule has 0 atom stereocenters. The van der Waals surface area contributed by atoms with Crippen LogP contribution in [0.3, 0.4) is 0 Å². The molecule has 6 aromatic rings. The summed E-state index contributed by atoms with van der Waals surface area (Å²) < 4.78 is 5.26. The second-order valence-electron chi connectivity index (χ2n) is 10.2. The van der Waals surface area contributed by atoms with Crippen molar-refractivity contribution in [2.45, 2.75) is 27.2 Å². The number of anilines is 1. The number of benzene rings is 1. The summed E-state index contributed by atoms with van der Waals surface area (Å²) in [5, 5.41) is 11.5. The number of carbonyl (C=O) groups is 1. The molecule has 5 aromatic heterocycles. The zero-order valence-electron chi connectivity index (χ0n) is 20.7. The fourth-order valence-electron chi connectivity index (χ4n) is 4.41. The molecule has 0 bridgehead atoms. The third-order valence-electron chi connectivity index (χ3n) is 6.06. The van der Waals surface area contributed by atoms with E-state index in [1.165, 1.54) is 0 Å². The normalized spacial score (nSPS) is 11.9. The van der Waals surface area contributed by atoms with Crippen molar-refractivity contribution >= 4 is 33.7 Å². The van der Waals surface area contributed by atoms with E-state index >= 15 is 0 Å². The largest absolute Gasteiger partial charge is 0.472 e. The number of H-pyrrole nitrogens is 2. The summed E-state index contributed by atoms with van der Waals surface area (Å²) in [7, 11) is 0. The first kappa shape index (κ1) is 22.7. The molecule has 5 heterocycles. The second kappa shape index (κ2) is 8.70. The molecule has 6 rings (SSSR count). The van der Waals surface area contributed by atoms with Crippen LogP contribution in [0.25, 0.3) is 55.8 Å². The predicted octanol–water partition coefficient (Wildman–Crippen LogP) is 6.20. The Hall–Kier alpha value is -4.79. The standard InChI is InChI=1S/C28H25N7O2/c1-28(2,3)12-23(36)31-19-10-18(13-29-14-19)16-4-5-22-21(11-16)25(35-34-22)27-32-24-20(17-7-9-37-15-17)6-8-30-26(24)33-27/h4-11,13-15H,12H2,1-3H3,(H,31,36)(H,34,35)(H,30,32,33). The van der Waals surface area contributed by atoms with Crippen LogP contribution >= 0.6 is 0 Å². The average Bonchev–Trinajstić information content (AvgIpc) is 3.61. The quantitative estimate of drug-likeness (QED) is 0.264. The number of rotatable bonds is 5. The number of hydrogen-bond donors (Lipinski definition) is 3. The number of nitrogens with one attached hydrogen (secondary N) is 3. The molecule has 1 amide bonds. The first-order chi connectivity index (χ1) is 17.8. The molecule has 3 N–H and O–H groups in total. The van der Waals surface area contributed by atoms with Crippen molar-refractivity contribution in [2.24, 2.45) is 5.41 Å². The van der Waals surface area contributed by atoms with Crippen LogP contribution in [0.4, 0.5) is 5.69 Å². The Bertz CT molecular complexity index is 1740. The van der Waals surface area contributed by atoms with Crippen molar-refractivity contribution in [3.8, 4) is 33.8 Å². The summed E-state index contributed by atoms with van der Waals surface area (Å²) in [6.45, 7) is 6.11. The molecule has 0 radical (unpaired) electrons. The highest BCUT2D eigenvalue weighted by atomic mass is 16.3. The van der Waals surface area contributed by atoms with Gasteiger partial charge in [-0.05, 0) is 41.3 Å². The third-order valence-corrected chi connectivity index (χ3v) is 6.06. The Morgan fingerprint density at radius 2 is 1.95 bits per heavy atom. The van der Waals surface area contributed by atoms with E-state index in [0.29, 0.717) is 29.3 Å². The lowest BCUT2D eigenvalue weighted by Gasteiger charge is -2.17. The van der Waals surface area contributed by atoms with E-state index in [-0.39, 0.29) is 11.3 Å². The first-order valence-electron chi connectivity index (χ1n) is 12.0. The Labute approximate surface area is 212 Å². The van der Waals surface area contributed by atoms with E-state index in [1.807, 2.05) is 57.2 Å². The van der Waals surface area contributed by atoms with Gasteiger partial charge in [-0.15, -0.1) is 0 Å². The molecule has 184 valence electrons. The molecular formula is C28H25N7O2. The van der Waals surface area contributed by atoms with Crippen LogP contribution in [0.15, 0.2) is 71.9 Å². The van der Waals surface area contributed by atoms with E-state index in [0.717, 1.165) is 38.7 Å². The van der Waals surface area contributed by atoms with Gasteiger partial charge in [-0.2, -0.15) is 5.10 Å². The van der Waals surface area contributed by atoms with Gasteiger partial charge in [0.05, 0.1) is 35.4 Å². The molecule has 0 aliphatic rings. The van der Waals surface area contributed by atoms with E-state index < -0.39 is 0 Å². The molecule has 9 nitrogen and oxygen atoms in total. The lowest BCUT2D eigenvalue weighted by atomic mass is 9.92. The first-order valence-corrected chi connectivity index (χ1v) is 12.0. The molecule has 0 fully saturated rings. The SMILES string of the molecule is CC(C)(C)CC(=O)Nc1cncc(-c2ccc3[nH]nc(-c4nc5nccc(-c6ccoc6)c5[nH]4)c3c2)c1. The van der Waals surface area contributed by atoms with E-state index in [4.69, 9.17) is 9.40 Å². The van der Waals surface area contributed by atoms with Crippen molar-refractivity contribution < 1.29 is 9.21 Å². The molecule has 0 unspecified atom stereocenters. The summed E-state index contributed by atoms with van der Waals surface area (Å²) in [5.41, 5.74) is 7.28. The van der Waals surface area contributed by atoms with Gasteiger partial charge < -0.3 is 14.7 Å². The second-order valence-corrected chi connectivity index (χ2v) is 10.2. The number of fused-ring (bicyclic) bond motifs is 2. The van der Waals surface area contributed by atoms with Crippen LogP contribution in [0.1, 0.15) is 27.2 Å². The number of pyridine rings is 2. The van der Waals surface area contributed by atoms with E-state index in [1.54, 1.807) is 31.1 Å². The van der Waals surface area contributed by atoms with Crippen LogP contribution in [0.2, 0.25) is 0 Å². The molecule has 9 heteroatoms. The van der Waals surface area contributed by atoms with Crippen molar-refractivity contribution in [1.29, 1.82) is 0 Å². The van der Waals surface area contributed by atoms with Gasteiger partial charge in [0.25, 0.3) is 0 Å². The van der Waals surface area contributed by atoms with Gasteiger partial charge in [0, 0.05) is 40.9 Å². The van der Waals surface area contributed by atoms with E-state index in [2.05, 4.69) is 30.5 Å². The summed E-state index contributed by atoms with van der Waals surface area (Å²) in [6, 6.07) is 11.8. The highest BCUT2D eigenvalue weighted by Crippen LogP contribution is 2.33.